The number of hydrogen-bond donors (Lipinski definition) is 2. The summed E-state index contributed by atoms with van der Waals surface area (Å²) in [6.45, 7) is 10.1. The Morgan fingerprint density at radius 1 is 0.769 bits per heavy atom. The first-order valence-corrected chi connectivity index (χ1v) is 9.56. The van der Waals surface area contributed by atoms with Crippen LogP contribution >= 0.6 is 0 Å². The first kappa shape index (κ1) is 18.8. The van der Waals surface area contributed by atoms with Gasteiger partial charge in [-0.15, -0.1) is 0 Å². The molecule has 1 aliphatic heterocycles. The van der Waals surface area contributed by atoms with Crippen LogP contribution in [-0.4, -0.2) is 35.3 Å². The van der Waals surface area contributed by atoms with Gasteiger partial charge in [-0.05, 0) is 100.0 Å². The van der Waals surface area contributed by atoms with Crippen LogP contribution < -0.4 is 0 Å². The highest BCUT2D eigenvalue weighted by molar-refractivity contribution is 5.49. The van der Waals surface area contributed by atoms with Crippen LogP contribution in [-0.2, 0) is 0 Å². The number of nitrogens with zero attached hydrogens (tertiary/aromatic N) is 1. The highest BCUT2D eigenvalue weighted by Gasteiger charge is 2.29. The zero-order valence-electron chi connectivity index (χ0n) is 16.6. The molecule has 0 amide bonds. The maximum atomic E-state index is 10.2. The highest BCUT2D eigenvalue weighted by atomic mass is 16.3. The summed E-state index contributed by atoms with van der Waals surface area (Å²) in [5.41, 5.74) is 6.29. The van der Waals surface area contributed by atoms with Crippen molar-refractivity contribution in [3.05, 3.63) is 57.6 Å². The summed E-state index contributed by atoms with van der Waals surface area (Å²) in [5, 5.41) is 20.4. The largest absolute Gasteiger partial charge is 0.507 e. The Kier molecular flexibility index (Phi) is 5.29. The predicted octanol–water partition coefficient (Wildman–Crippen LogP) is 4.81. The number of phenolic OH excluding ortho intramolecular Hbond substituents is 2. The lowest BCUT2D eigenvalue weighted by Crippen LogP contribution is -2.33. The molecule has 0 unspecified atom stereocenters. The van der Waals surface area contributed by atoms with Crippen molar-refractivity contribution in [1.29, 1.82) is 0 Å². The van der Waals surface area contributed by atoms with Gasteiger partial charge < -0.3 is 15.1 Å². The molecule has 2 N–H and O–H groups in total. The molecular weight excluding hydrogens is 322 g/mol. The van der Waals surface area contributed by atoms with E-state index < -0.39 is 0 Å². The third kappa shape index (κ3) is 3.59. The number of phenols is 2. The summed E-state index contributed by atoms with van der Waals surface area (Å²) in [6, 6.07) is 8.57. The lowest BCUT2D eigenvalue weighted by atomic mass is 9.75. The molecule has 1 fully saturated rings. The maximum absolute atomic E-state index is 10.2. The molecule has 3 heteroatoms. The van der Waals surface area contributed by atoms with E-state index in [-0.39, 0.29) is 0 Å². The molecule has 1 saturated heterocycles. The van der Waals surface area contributed by atoms with E-state index in [0.717, 1.165) is 35.3 Å². The second-order valence-corrected chi connectivity index (χ2v) is 8.12. The number of hydrogen-bond acceptors (Lipinski definition) is 3. The van der Waals surface area contributed by atoms with Crippen LogP contribution in [0.2, 0.25) is 0 Å². The van der Waals surface area contributed by atoms with Crippen LogP contribution in [0.4, 0.5) is 0 Å². The van der Waals surface area contributed by atoms with Gasteiger partial charge in [-0.1, -0.05) is 24.3 Å². The van der Waals surface area contributed by atoms with Crippen molar-refractivity contribution < 1.29 is 10.2 Å². The topological polar surface area (TPSA) is 43.7 Å². The monoisotopic (exact) mass is 353 g/mol. The van der Waals surface area contributed by atoms with Gasteiger partial charge in [-0.3, -0.25) is 0 Å². The van der Waals surface area contributed by atoms with E-state index in [1.54, 1.807) is 0 Å². The molecule has 0 aliphatic carbocycles. The van der Waals surface area contributed by atoms with E-state index in [0.29, 0.717) is 23.3 Å². The van der Waals surface area contributed by atoms with Crippen molar-refractivity contribution in [3.8, 4) is 11.5 Å². The number of rotatable bonds is 3. The first-order valence-electron chi connectivity index (χ1n) is 9.56. The maximum Gasteiger partial charge on any atom is 0.121 e. The molecular formula is C23H31NO2. The molecule has 0 atom stereocenters. The minimum absolute atomic E-state index is 0.291. The van der Waals surface area contributed by atoms with Crippen molar-refractivity contribution in [3.63, 3.8) is 0 Å². The summed E-state index contributed by atoms with van der Waals surface area (Å²) in [6.07, 6.45) is 2.33. The van der Waals surface area contributed by atoms with Gasteiger partial charge in [0.25, 0.3) is 0 Å². The number of benzene rings is 2. The van der Waals surface area contributed by atoms with E-state index >= 15 is 0 Å². The van der Waals surface area contributed by atoms with Gasteiger partial charge in [-0.2, -0.15) is 0 Å². The third-order valence-electron chi connectivity index (χ3n) is 5.98. The molecule has 0 spiro atoms. The van der Waals surface area contributed by atoms with E-state index in [4.69, 9.17) is 0 Å². The third-order valence-corrected chi connectivity index (χ3v) is 5.98. The molecule has 0 saturated carbocycles. The van der Waals surface area contributed by atoms with Gasteiger partial charge >= 0.3 is 0 Å². The fourth-order valence-corrected chi connectivity index (χ4v) is 4.44. The normalized spacial score (nSPS) is 16.4. The van der Waals surface area contributed by atoms with E-state index in [2.05, 4.69) is 36.2 Å². The van der Waals surface area contributed by atoms with Gasteiger partial charge in [0, 0.05) is 5.92 Å². The molecule has 3 rings (SSSR count). The quantitative estimate of drug-likeness (QED) is 0.832. The van der Waals surface area contributed by atoms with Gasteiger partial charge in [0.15, 0.2) is 0 Å². The number of aromatic hydroxyl groups is 2. The minimum Gasteiger partial charge on any atom is -0.507 e. The molecule has 0 radical (unpaired) electrons. The van der Waals surface area contributed by atoms with E-state index in [9.17, 15) is 10.2 Å². The van der Waals surface area contributed by atoms with Gasteiger partial charge in [0.05, 0.1) is 0 Å². The number of aryl methyl sites for hydroxylation is 4. The van der Waals surface area contributed by atoms with Crippen molar-refractivity contribution >= 4 is 0 Å². The van der Waals surface area contributed by atoms with Crippen molar-refractivity contribution in [2.24, 2.45) is 5.92 Å². The van der Waals surface area contributed by atoms with Crippen LogP contribution in [0.5, 0.6) is 11.5 Å². The summed E-state index contributed by atoms with van der Waals surface area (Å²) in [5.74, 6) is 1.65. The molecule has 3 nitrogen and oxygen atoms in total. The van der Waals surface area contributed by atoms with Crippen molar-refractivity contribution in [2.45, 2.75) is 46.5 Å². The van der Waals surface area contributed by atoms with Crippen LogP contribution in [0.1, 0.15) is 52.1 Å². The second-order valence-electron chi connectivity index (χ2n) is 8.12. The Hall–Kier alpha value is -2.00. The standard InChI is InChI=1S/C23H31NO2/c1-14-10-19(11-15(2)22(14)25)21(18-6-8-24(5)9-7-18)20-12-16(3)23(26)17(4)13-20/h10-13,18,21,25-26H,6-9H2,1-5H3. The minimum atomic E-state index is 0.291. The molecule has 2 aromatic carbocycles. The Bertz CT molecular complexity index is 700. The Balaban J connectivity index is 2.11. The number of likely N-dealkylation sites (tertiary alicyclic amines) is 1. The summed E-state index contributed by atoms with van der Waals surface area (Å²) < 4.78 is 0. The zero-order chi connectivity index (χ0) is 19.0. The smallest absolute Gasteiger partial charge is 0.121 e. The van der Waals surface area contributed by atoms with Gasteiger partial charge in [-0.25, -0.2) is 0 Å². The molecule has 140 valence electrons. The zero-order valence-corrected chi connectivity index (χ0v) is 16.6. The van der Waals surface area contributed by atoms with Crippen LogP contribution in [0, 0.1) is 33.6 Å². The molecule has 26 heavy (non-hydrogen) atoms. The molecule has 1 heterocycles. The number of piperidine rings is 1. The molecule has 1 aliphatic rings. The fourth-order valence-electron chi connectivity index (χ4n) is 4.44. The summed E-state index contributed by atoms with van der Waals surface area (Å²) in [4.78, 5) is 2.40. The predicted molar refractivity (Wildman–Crippen MR) is 107 cm³/mol. The van der Waals surface area contributed by atoms with Crippen LogP contribution in [0.15, 0.2) is 24.3 Å². The second kappa shape index (κ2) is 7.32. The first-order chi connectivity index (χ1) is 12.3. The molecule has 2 aromatic rings. The summed E-state index contributed by atoms with van der Waals surface area (Å²) in [7, 11) is 2.19. The highest BCUT2D eigenvalue weighted by Crippen LogP contribution is 2.41. The molecule has 0 aromatic heterocycles. The Morgan fingerprint density at radius 3 is 1.46 bits per heavy atom. The van der Waals surface area contributed by atoms with E-state index in [1.165, 1.54) is 24.0 Å². The SMILES string of the molecule is Cc1cc(C(c2cc(C)c(O)c(C)c2)C2CCN(C)CC2)cc(C)c1O. The van der Waals surface area contributed by atoms with Crippen molar-refractivity contribution in [2.75, 3.05) is 20.1 Å². The average molecular weight is 354 g/mol. The van der Waals surface area contributed by atoms with Crippen LogP contribution in [0.25, 0.3) is 0 Å². The lowest BCUT2D eigenvalue weighted by molar-refractivity contribution is 0.207. The lowest BCUT2D eigenvalue weighted by Gasteiger charge is -2.35. The van der Waals surface area contributed by atoms with Crippen LogP contribution in [0.3, 0.4) is 0 Å². The van der Waals surface area contributed by atoms with Gasteiger partial charge in [0.1, 0.15) is 11.5 Å². The molecule has 0 bridgehead atoms. The summed E-state index contributed by atoms with van der Waals surface area (Å²) >= 11 is 0. The van der Waals surface area contributed by atoms with E-state index in [1.807, 2.05) is 27.7 Å². The fraction of sp³-hybridized carbons (Fsp3) is 0.478. The van der Waals surface area contributed by atoms with Crippen molar-refractivity contribution in [1.82, 2.24) is 4.90 Å². The Morgan fingerprint density at radius 2 is 1.12 bits per heavy atom. The average Bonchev–Trinajstić information content (AvgIpc) is 2.59. The Labute approximate surface area is 157 Å². The van der Waals surface area contributed by atoms with Gasteiger partial charge in [0.2, 0.25) is 0 Å².